The number of carbonyl (C=O) groups is 1. The van der Waals surface area contributed by atoms with E-state index in [4.69, 9.17) is 11.6 Å². The van der Waals surface area contributed by atoms with Crippen molar-refractivity contribution >= 4 is 17.5 Å². The molecule has 1 heterocycles. The smallest absolute Gasteiger partial charge is 0.253 e. The summed E-state index contributed by atoms with van der Waals surface area (Å²) in [5.41, 5.74) is 0.315. The minimum Gasteiger partial charge on any atom is -0.348 e. The van der Waals surface area contributed by atoms with E-state index in [9.17, 15) is 9.18 Å². The number of amides is 1. The van der Waals surface area contributed by atoms with Gasteiger partial charge in [0.15, 0.2) is 0 Å². The van der Waals surface area contributed by atoms with Crippen LogP contribution in [0.3, 0.4) is 0 Å². The summed E-state index contributed by atoms with van der Waals surface area (Å²) in [7, 11) is 0. The van der Waals surface area contributed by atoms with Gasteiger partial charge in [0.2, 0.25) is 0 Å². The highest BCUT2D eigenvalue weighted by Gasteiger charge is 2.19. The fourth-order valence-corrected chi connectivity index (χ4v) is 1.97. The van der Waals surface area contributed by atoms with Gasteiger partial charge in [0, 0.05) is 12.6 Å². The van der Waals surface area contributed by atoms with Crippen LogP contribution in [0.25, 0.3) is 0 Å². The average molecular weight is 243 g/mol. The summed E-state index contributed by atoms with van der Waals surface area (Å²) in [5, 5.41) is 6.13. The van der Waals surface area contributed by atoms with E-state index in [0.717, 1.165) is 25.6 Å². The van der Waals surface area contributed by atoms with Crippen molar-refractivity contribution in [3.05, 3.63) is 34.6 Å². The number of hydrogen-bond donors (Lipinski definition) is 2. The molecule has 0 aromatic heterocycles. The summed E-state index contributed by atoms with van der Waals surface area (Å²) in [6.45, 7) is 1.67. The van der Waals surface area contributed by atoms with Gasteiger partial charge in [-0.1, -0.05) is 11.6 Å². The molecule has 0 aliphatic carbocycles. The molecule has 0 saturated carbocycles. The Labute approximate surface area is 98.0 Å². The molecule has 1 aliphatic rings. The molecule has 2 rings (SSSR count). The van der Waals surface area contributed by atoms with Gasteiger partial charge in [0.25, 0.3) is 5.91 Å². The second kappa shape index (κ2) is 4.80. The minimum absolute atomic E-state index is 0.133. The Balaban J connectivity index is 2.08. The molecule has 1 aromatic carbocycles. The third-order valence-corrected chi connectivity index (χ3v) is 2.88. The maximum atomic E-state index is 12.8. The van der Waals surface area contributed by atoms with E-state index < -0.39 is 5.82 Å². The van der Waals surface area contributed by atoms with Crippen molar-refractivity contribution in [1.29, 1.82) is 0 Å². The Hall–Kier alpha value is -1.13. The largest absolute Gasteiger partial charge is 0.348 e. The van der Waals surface area contributed by atoms with Gasteiger partial charge in [0.05, 0.1) is 10.6 Å². The second-order valence-corrected chi connectivity index (χ2v) is 4.19. The number of hydrogen-bond acceptors (Lipinski definition) is 2. The summed E-state index contributed by atoms with van der Waals surface area (Å²) in [6.07, 6.45) is 0.907. The van der Waals surface area contributed by atoms with Crippen molar-refractivity contribution in [1.82, 2.24) is 10.6 Å². The summed E-state index contributed by atoms with van der Waals surface area (Å²) in [6, 6.07) is 3.90. The normalized spacial score (nSPS) is 19.8. The molecule has 1 amide bonds. The molecular formula is C11H12ClFN2O. The molecule has 1 fully saturated rings. The topological polar surface area (TPSA) is 41.1 Å². The van der Waals surface area contributed by atoms with Crippen molar-refractivity contribution in [2.45, 2.75) is 12.5 Å². The van der Waals surface area contributed by atoms with Crippen LogP contribution in [-0.4, -0.2) is 25.0 Å². The molecule has 2 N–H and O–H groups in total. The highest BCUT2D eigenvalue weighted by Crippen LogP contribution is 2.17. The first-order valence-electron chi connectivity index (χ1n) is 5.13. The fraction of sp³-hybridized carbons (Fsp3) is 0.364. The molecule has 1 aliphatic heterocycles. The van der Waals surface area contributed by atoms with E-state index in [0.29, 0.717) is 5.56 Å². The van der Waals surface area contributed by atoms with E-state index in [1.165, 1.54) is 12.1 Å². The maximum Gasteiger partial charge on any atom is 0.253 e. The molecule has 0 bridgehead atoms. The number of halogens is 2. The van der Waals surface area contributed by atoms with Crippen LogP contribution >= 0.6 is 11.6 Å². The van der Waals surface area contributed by atoms with Crippen molar-refractivity contribution in [3.63, 3.8) is 0 Å². The highest BCUT2D eigenvalue weighted by molar-refractivity contribution is 6.33. The lowest BCUT2D eigenvalue weighted by Crippen LogP contribution is -2.36. The van der Waals surface area contributed by atoms with E-state index in [1.54, 1.807) is 0 Å². The van der Waals surface area contributed by atoms with Crippen LogP contribution in [0.15, 0.2) is 18.2 Å². The minimum atomic E-state index is -0.441. The van der Waals surface area contributed by atoms with E-state index in [1.807, 2.05) is 0 Å². The van der Waals surface area contributed by atoms with Crippen LogP contribution in [0.2, 0.25) is 5.02 Å². The predicted molar refractivity (Wildman–Crippen MR) is 60.2 cm³/mol. The lowest BCUT2D eigenvalue weighted by atomic mass is 10.2. The molecule has 0 unspecified atom stereocenters. The van der Waals surface area contributed by atoms with Crippen LogP contribution in [0.5, 0.6) is 0 Å². The quantitative estimate of drug-likeness (QED) is 0.827. The third kappa shape index (κ3) is 2.51. The summed E-state index contributed by atoms with van der Waals surface area (Å²) in [5.74, 6) is -0.692. The van der Waals surface area contributed by atoms with E-state index in [2.05, 4.69) is 10.6 Å². The molecule has 5 heteroatoms. The Morgan fingerprint density at radius 2 is 2.38 bits per heavy atom. The van der Waals surface area contributed by atoms with Gasteiger partial charge in [-0.3, -0.25) is 4.79 Å². The van der Waals surface area contributed by atoms with Crippen molar-refractivity contribution in [2.75, 3.05) is 13.1 Å². The Kier molecular flexibility index (Phi) is 3.41. The van der Waals surface area contributed by atoms with Crippen molar-refractivity contribution in [3.8, 4) is 0 Å². The number of rotatable bonds is 2. The molecule has 0 radical (unpaired) electrons. The van der Waals surface area contributed by atoms with Crippen LogP contribution in [0.4, 0.5) is 4.39 Å². The molecule has 1 aromatic rings. The fourth-order valence-electron chi connectivity index (χ4n) is 1.71. The first kappa shape index (κ1) is 11.4. The molecule has 0 spiro atoms. The second-order valence-electron chi connectivity index (χ2n) is 3.79. The summed E-state index contributed by atoms with van der Waals surface area (Å²) in [4.78, 5) is 11.8. The Morgan fingerprint density at radius 1 is 1.56 bits per heavy atom. The van der Waals surface area contributed by atoms with Crippen LogP contribution in [0, 0.1) is 5.82 Å². The van der Waals surface area contributed by atoms with Gasteiger partial charge in [-0.05, 0) is 31.2 Å². The van der Waals surface area contributed by atoms with Gasteiger partial charge < -0.3 is 10.6 Å². The first-order chi connectivity index (χ1) is 7.66. The zero-order valence-corrected chi connectivity index (χ0v) is 9.35. The summed E-state index contributed by atoms with van der Waals surface area (Å²) < 4.78 is 12.8. The first-order valence-corrected chi connectivity index (χ1v) is 5.51. The Bertz CT molecular complexity index is 405. The van der Waals surface area contributed by atoms with Crippen LogP contribution < -0.4 is 10.6 Å². The van der Waals surface area contributed by atoms with Crippen LogP contribution in [0.1, 0.15) is 16.8 Å². The monoisotopic (exact) mass is 242 g/mol. The Morgan fingerprint density at radius 3 is 3.00 bits per heavy atom. The molecule has 86 valence electrons. The number of benzene rings is 1. The standard InChI is InChI=1S/C11H12ClFN2O/c12-10-5-7(13)1-2-9(10)11(16)15-8-3-4-14-6-8/h1-2,5,8,14H,3-4,6H2,(H,15,16)/t8-/m0/s1. The van der Waals surface area contributed by atoms with Gasteiger partial charge in [-0.2, -0.15) is 0 Å². The van der Waals surface area contributed by atoms with Gasteiger partial charge in [-0.15, -0.1) is 0 Å². The van der Waals surface area contributed by atoms with Gasteiger partial charge in [0.1, 0.15) is 5.82 Å². The van der Waals surface area contributed by atoms with Crippen molar-refractivity contribution in [2.24, 2.45) is 0 Å². The van der Waals surface area contributed by atoms with Crippen molar-refractivity contribution < 1.29 is 9.18 Å². The molecular weight excluding hydrogens is 231 g/mol. The van der Waals surface area contributed by atoms with Gasteiger partial charge >= 0.3 is 0 Å². The zero-order chi connectivity index (χ0) is 11.5. The van der Waals surface area contributed by atoms with Gasteiger partial charge in [-0.25, -0.2) is 4.39 Å². The van der Waals surface area contributed by atoms with E-state index >= 15 is 0 Å². The highest BCUT2D eigenvalue weighted by atomic mass is 35.5. The average Bonchev–Trinajstić information content (AvgIpc) is 2.70. The van der Waals surface area contributed by atoms with E-state index in [-0.39, 0.29) is 17.0 Å². The lowest BCUT2D eigenvalue weighted by molar-refractivity contribution is 0.0940. The van der Waals surface area contributed by atoms with Crippen LogP contribution in [-0.2, 0) is 0 Å². The maximum absolute atomic E-state index is 12.8. The number of carbonyl (C=O) groups excluding carboxylic acids is 1. The lowest BCUT2D eigenvalue weighted by Gasteiger charge is -2.11. The molecule has 1 saturated heterocycles. The molecule has 16 heavy (non-hydrogen) atoms. The third-order valence-electron chi connectivity index (χ3n) is 2.57. The number of nitrogens with one attached hydrogen (secondary N) is 2. The molecule has 1 atom stereocenters. The summed E-state index contributed by atoms with van der Waals surface area (Å²) >= 11 is 5.79. The zero-order valence-electron chi connectivity index (χ0n) is 8.59. The predicted octanol–water partition coefficient (Wildman–Crippen LogP) is 1.57. The molecule has 3 nitrogen and oxygen atoms in total. The SMILES string of the molecule is O=C(N[C@H]1CCNC1)c1ccc(F)cc1Cl.